The molecule has 5 nitrogen and oxygen atoms in total. The minimum Gasteiger partial charge on any atom is -0.350 e. The van der Waals surface area contributed by atoms with Crippen LogP contribution >= 0.6 is 0 Å². The molecule has 0 bridgehead atoms. The van der Waals surface area contributed by atoms with Gasteiger partial charge >= 0.3 is 6.18 Å². The van der Waals surface area contributed by atoms with Gasteiger partial charge in [-0.05, 0) is 30.2 Å². The van der Waals surface area contributed by atoms with Gasteiger partial charge in [-0.25, -0.2) is 14.4 Å². The Morgan fingerprint density at radius 1 is 1.25 bits per heavy atom. The molecule has 1 amide bonds. The van der Waals surface area contributed by atoms with E-state index in [0.29, 0.717) is 30.3 Å². The number of nitrogens with zero attached hydrogens (tertiary/aromatic N) is 3. The molecule has 2 aromatic heterocycles. The molecule has 1 aliphatic heterocycles. The van der Waals surface area contributed by atoms with Crippen LogP contribution in [0, 0.1) is 5.82 Å². The number of carbonyl (C=O) groups is 1. The normalized spacial score (nSPS) is 14.4. The summed E-state index contributed by atoms with van der Waals surface area (Å²) in [5.41, 5.74) is 0.119. The zero-order chi connectivity index (χ0) is 20.3. The van der Waals surface area contributed by atoms with Crippen molar-refractivity contribution in [2.45, 2.75) is 12.6 Å². The number of carbonyl (C=O) groups excluding carboxylic acids is 1. The fraction of sp³-hybridized carbons (Fsp3) is 0.211. The lowest BCUT2D eigenvalue weighted by Crippen LogP contribution is -2.32. The number of rotatable bonds is 4. The standard InChI is InChI=1S/C19H16F4N4O/c1-2-12-9-15(20)17(25-10-12)27-7-5-13(6-8-27)18(28)26-16-4-3-14(11-24-16)19(21,22)23/h2-5,9-11H,1,6-8H2,(H,24,26,28). The summed E-state index contributed by atoms with van der Waals surface area (Å²) in [7, 11) is 0. The highest BCUT2D eigenvalue weighted by molar-refractivity contribution is 6.03. The van der Waals surface area contributed by atoms with Gasteiger partial charge in [0.1, 0.15) is 5.82 Å². The van der Waals surface area contributed by atoms with Crippen molar-refractivity contribution < 1.29 is 22.4 Å². The third kappa shape index (κ3) is 4.36. The van der Waals surface area contributed by atoms with E-state index in [-0.39, 0.29) is 18.2 Å². The van der Waals surface area contributed by atoms with Crippen LogP contribution in [0.3, 0.4) is 0 Å². The molecule has 1 N–H and O–H groups in total. The number of pyridine rings is 2. The van der Waals surface area contributed by atoms with Gasteiger partial charge in [-0.2, -0.15) is 13.2 Å². The van der Waals surface area contributed by atoms with Gasteiger partial charge in [0.15, 0.2) is 11.6 Å². The molecule has 28 heavy (non-hydrogen) atoms. The van der Waals surface area contributed by atoms with Crippen LogP contribution in [0.1, 0.15) is 17.5 Å². The zero-order valence-electron chi connectivity index (χ0n) is 14.6. The number of nitrogens with one attached hydrogen (secondary N) is 1. The average Bonchev–Trinajstić information content (AvgIpc) is 2.67. The van der Waals surface area contributed by atoms with Crippen molar-refractivity contribution in [3.8, 4) is 0 Å². The number of hydrogen-bond acceptors (Lipinski definition) is 4. The largest absolute Gasteiger partial charge is 0.417 e. The van der Waals surface area contributed by atoms with E-state index in [0.717, 1.165) is 12.1 Å². The molecular weight excluding hydrogens is 376 g/mol. The fourth-order valence-corrected chi connectivity index (χ4v) is 2.69. The summed E-state index contributed by atoms with van der Waals surface area (Å²) < 4.78 is 51.8. The van der Waals surface area contributed by atoms with E-state index >= 15 is 0 Å². The molecule has 3 rings (SSSR count). The first kappa shape index (κ1) is 19.5. The van der Waals surface area contributed by atoms with E-state index in [1.807, 2.05) is 0 Å². The smallest absolute Gasteiger partial charge is 0.350 e. The molecule has 2 aromatic rings. The Morgan fingerprint density at radius 2 is 2.04 bits per heavy atom. The lowest BCUT2D eigenvalue weighted by Gasteiger charge is -2.27. The molecule has 3 heterocycles. The molecule has 0 saturated heterocycles. The summed E-state index contributed by atoms with van der Waals surface area (Å²) in [6.07, 6.45) is 1.13. The van der Waals surface area contributed by atoms with Crippen molar-refractivity contribution in [1.82, 2.24) is 9.97 Å². The first-order chi connectivity index (χ1) is 13.3. The predicted octanol–water partition coefficient (Wildman–Crippen LogP) is 4.05. The highest BCUT2D eigenvalue weighted by Gasteiger charge is 2.30. The SMILES string of the molecule is C=Cc1cnc(N2CC=C(C(=O)Nc3ccc(C(F)(F)F)cn3)CC2)c(F)c1. The van der Waals surface area contributed by atoms with Gasteiger partial charge in [-0.1, -0.05) is 18.7 Å². The van der Waals surface area contributed by atoms with Crippen molar-refractivity contribution in [3.05, 3.63) is 65.8 Å². The third-order valence-electron chi connectivity index (χ3n) is 4.21. The summed E-state index contributed by atoms with van der Waals surface area (Å²) in [5.74, 6) is -0.727. The number of halogens is 4. The van der Waals surface area contributed by atoms with Crippen LogP contribution in [0.15, 0.2) is 48.8 Å². The van der Waals surface area contributed by atoms with E-state index in [1.165, 1.54) is 18.3 Å². The van der Waals surface area contributed by atoms with Gasteiger partial charge in [0.25, 0.3) is 5.91 Å². The number of alkyl halides is 3. The monoisotopic (exact) mass is 392 g/mol. The van der Waals surface area contributed by atoms with Gasteiger partial charge < -0.3 is 10.2 Å². The van der Waals surface area contributed by atoms with Crippen LogP contribution in [0.2, 0.25) is 0 Å². The van der Waals surface area contributed by atoms with Crippen LogP contribution in [0.25, 0.3) is 6.08 Å². The molecule has 0 aliphatic carbocycles. The fourth-order valence-electron chi connectivity index (χ4n) is 2.69. The molecule has 0 atom stereocenters. The lowest BCUT2D eigenvalue weighted by molar-refractivity contribution is -0.137. The van der Waals surface area contributed by atoms with Gasteiger partial charge in [0, 0.05) is 31.1 Å². The Kier molecular flexibility index (Phi) is 5.43. The molecule has 0 fully saturated rings. The molecule has 0 unspecified atom stereocenters. The maximum atomic E-state index is 14.1. The summed E-state index contributed by atoms with van der Waals surface area (Å²) in [4.78, 5) is 21.7. The van der Waals surface area contributed by atoms with E-state index in [4.69, 9.17) is 0 Å². The van der Waals surface area contributed by atoms with E-state index in [9.17, 15) is 22.4 Å². The van der Waals surface area contributed by atoms with E-state index in [2.05, 4.69) is 21.9 Å². The Morgan fingerprint density at radius 3 is 2.57 bits per heavy atom. The molecule has 0 radical (unpaired) electrons. The molecule has 146 valence electrons. The van der Waals surface area contributed by atoms with Crippen LogP contribution < -0.4 is 10.2 Å². The molecule has 1 aliphatic rings. The van der Waals surface area contributed by atoms with Gasteiger partial charge in [-0.3, -0.25) is 4.79 Å². The quantitative estimate of drug-likeness (QED) is 0.798. The molecule has 0 aromatic carbocycles. The maximum absolute atomic E-state index is 14.1. The maximum Gasteiger partial charge on any atom is 0.417 e. The molecule has 9 heteroatoms. The first-order valence-corrected chi connectivity index (χ1v) is 8.34. The van der Waals surface area contributed by atoms with Crippen LogP contribution in [-0.2, 0) is 11.0 Å². The van der Waals surface area contributed by atoms with Crippen LogP contribution in [0.4, 0.5) is 29.2 Å². The highest BCUT2D eigenvalue weighted by Crippen LogP contribution is 2.29. The van der Waals surface area contributed by atoms with Gasteiger partial charge in [0.05, 0.1) is 5.56 Å². The molecule has 0 spiro atoms. The van der Waals surface area contributed by atoms with Crippen molar-refractivity contribution in [1.29, 1.82) is 0 Å². The van der Waals surface area contributed by atoms with Crippen LogP contribution in [0.5, 0.6) is 0 Å². The van der Waals surface area contributed by atoms with Crippen molar-refractivity contribution in [2.24, 2.45) is 0 Å². The zero-order valence-corrected chi connectivity index (χ0v) is 14.6. The Balaban J connectivity index is 1.64. The minimum absolute atomic E-state index is 0.0223. The molecule has 0 saturated carbocycles. The number of aromatic nitrogens is 2. The summed E-state index contributed by atoms with van der Waals surface area (Å²) in [6.45, 7) is 4.21. The minimum atomic E-state index is -4.49. The number of amides is 1. The summed E-state index contributed by atoms with van der Waals surface area (Å²) >= 11 is 0. The number of anilines is 2. The Labute approximate surface area is 158 Å². The first-order valence-electron chi connectivity index (χ1n) is 8.34. The van der Waals surface area contributed by atoms with Crippen molar-refractivity contribution in [3.63, 3.8) is 0 Å². The Hall–Kier alpha value is -3.23. The highest BCUT2D eigenvalue weighted by atomic mass is 19.4. The van der Waals surface area contributed by atoms with E-state index in [1.54, 1.807) is 11.0 Å². The van der Waals surface area contributed by atoms with Crippen LogP contribution in [-0.4, -0.2) is 29.0 Å². The Bertz CT molecular complexity index is 923. The van der Waals surface area contributed by atoms with Gasteiger partial charge in [-0.15, -0.1) is 0 Å². The van der Waals surface area contributed by atoms with Gasteiger partial charge in [0.2, 0.25) is 0 Å². The van der Waals surface area contributed by atoms with Crippen molar-refractivity contribution >= 4 is 23.6 Å². The second kappa shape index (κ2) is 7.79. The second-order valence-corrected chi connectivity index (χ2v) is 6.09. The predicted molar refractivity (Wildman–Crippen MR) is 97.1 cm³/mol. The number of hydrogen-bond donors (Lipinski definition) is 1. The second-order valence-electron chi connectivity index (χ2n) is 6.09. The topological polar surface area (TPSA) is 58.1 Å². The average molecular weight is 392 g/mol. The third-order valence-corrected chi connectivity index (χ3v) is 4.21. The summed E-state index contributed by atoms with van der Waals surface area (Å²) in [6, 6.07) is 3.27. The molecular formula is C19H16F4N4O. The summed E-state index contributed by atoms with van der Waals surface area (Å²) in [5, 5.41) is 2.47. The lowest BCUT2D eigenvalue weighted by atomic mass is 10.1. The van der Waals surface area contributed by atoms with E-state index < -0.39 is 23.5 Å². The van der Waals surface area contributed by atoms with Crippen molar-refractivity contribution in [2.75, 3.05) is 23.3 Å².